The predicted octanol–water partition coefficient (Wildman–Crippen LogP) is 2.23. The lowest BCUT2D eigenvalue weighted by atomic mass is 9.97. The number of amides is 1. The molecule has 0 aliphatic heterocycles. The van der Waals surface area contributed by atoms with Crippen LogP contribution in [0.5, 0.6) is 0 Å². The number of hydrogen-bond donors (Lipinski definition) is 1. The van der Waals surface area contributed by atoms with Crippen LogP contribution in [0.25, 0.3) is 0 Å². The summed E-state index contributed by atoms with van der Waals surface area (Å²) in [7, 11) is 5.87. The van der Waals surface area contributed by atoms with E-state index >= 15 is 0 Å². The van der Waals surface area contributed by atoms with Gasteiger partial charge in [0.1, 0.15) is 6.10 Å². The Bertz CT molecular complexity index is 507. The highest BCUT2D eigenvalue weighted by molar-refractivity contribution is 5.80. The molecule has 2 rings (SSSR count). The van der Waals surface area contributed by atoms with Crippen molar-refractivity contribution in [3.8, 4) is 0 Å². The number of imidazole rings is 1. The Labute approximate surface area is 139 Å². The maximum absolute atomic E-state index is 12.4. The quantitative estimate of drug-likeness (QED) is 0.836. The van der Waals surface area contributed by atoms with Crippen molar-refractivity contribution in [3.63, 3.8) is 0 Å². The molecule has 0 spiro atoms. The number of ether oxygens (including phenoxy) is 1. The van der Waals surface area contributed by atoms with Gasteiger partial charge in [-0.1, -0.05) is 26.2 Å². The summed E-state index contributed by atoms with van der Waals surface area (Å²) in [5.74, 6) is 0.852. The lowest BCUT2D eigenvalue weighted by Crippen LogP contribution is -2.38. The Morgan fingerprint density at radius 3 is 2.70 bits per heavy atom. The summed E-state index contributed by atoms with van der Waals surface area (Å²) in [6.45, 7) is 2.47. The molecular weight excluding hydrogens is 292 g/mol. The Morgan fingerprint density at radius 2 is 2.13 bits per heavy atom. The lowest BCUT2D eigenvalue weighted by molar-refractivity contribution is -0.138. The number of rotatable bonds is 7. The molecule has 1 heterocycles. The fraction of sp³-hybridized carbons (Fsp3) is 0.765. The van der Waals surface area contributed by atoms with Crippen LogP contribution in [-0.4, -0.2) is 41.8 Å². The van der Waals surface area contributed by atoms with Gasteiger partial charge < -0.3 is 19.5 Å². The maximum Gasteiger partial charge on any atom is 0.249 e. The smallest absolute Gasteiger partial charge is 0.249 e. The first-order valence-corrected chi connectivity index (χ1v) is 8.64. The van der Waals surface area contributed by atoms with Crippen molar-refractivity contribution in [2.24, 2.45) is 7.05 Å². The summed E-state index contributed by atoms with van der Waals surface area (Å²) in [4.78, 5) is 18.7. The fourth-order valence-electron chi connectivity index (χ4n) is 3.08. The van der Waals surface area contributed by atoms with E-state index in [9.17, 15) is 4.79 Å². The minimum absolute atomic E-state index is 0.0225. The minimum atomic E-state index is -0.348. The zero-order valence-electron chi connectivity index (χ0n) is 14.8. The first-order chi connectivity index (χ1) is 11.0. The molecule has 23 heavy (non-hydrogen) atoms. The third kappa shape index (κ3) is 4.70. The number of carbonyl (C=O) groups is 1. The third-order valence-electron chi connectivity index (χ3n) is 4.48. The average molecular weight is 322 g/mol. The van der Waals surface area contributed by atoms with Crippen LogP contribution >= 0.6 is 0 Å². The SMILES string of the molecule is CC[C@H](OC1CCCCC1)C(=O)NCc1cnc(N(C)C)n1C. The second kappa shape index (κ2) is 8.34. The summed E-state index contributed by atoms with van der Waals surface area (Å²) >= 11 is 0. The second-order valence-corrected chi connectivity index (χ2v) is 6.51. The van der Waals surface area contributed by atoms with Crippen molar-refractivity contribution < 1.29 is 9.53 Å². The van der Waals surface area contributed by atoms with Gasteiger partial charge >= 0.3 is 0 Å². The Hall–Kier alpha value is -1.56. The number of aromatic nitrogens is 2. The van der Waals surface area contributed by atoms with Gasteiger partial charge in [0.2, 0.25) is 11.9 Å². The van der Waals surface area contributed by atoms with E-state index in [0.29, 0.717) is 13.0 Å². The Morgan fingerprint density at radius 1 is 1.43 bits per heavy atom. The molecule has 0 saturated heterocycles. The van der Waals surface area contributed by atoms with Crippen molar-refractivity contribution in [1.29, 1.82) is 0 Å². The number of hydrogen-bond acceptors (Lipinski definition) is 4. The Kier molecular flexibility index (Phi) is 6.45. The highest BCUT2D eigenvalue weighted by Gasteiger charge is 2.23. The molecule has 1 saturated carbocycles. The van der Waals surface area contributed by atoms with Gasteiger partial charge in [-0.15, -0.1) is 0 Å². The monoisotopic (exact) mass is 322 g/mol. The number of anilines is 1. The van der Waals surface area contributed by atoms with Crippen LogP contribution in [0.3, 0.4) is 0 Å². The van der Waals surface area contributed by atoms with Crippen LogP contribution in [0.1, 0.15) is 51.1 Å². The van der Waals surface area contributed by atoms with E-state index in [1.165, 1.54) is 19.3 Å². The average Bonchev–Trinajstić information content (AvgIpc) is 2.92. The van der Waals surface area contributed by atoms with Crippen LogP contribution in [-0.2, 0) is 23.1 Å². The largest absolute Gasteiger partial charge is 0.365 e. The molecule has 1 aliphatic rings. The summed E-state index contributed by atoms with van der Waals surface area (Å²) in [5.41, 5.74) is 0.981. The van der Waals surface area contributed by atoms with Crippen LogP contribution in [0, 0.1) is 0 Å². The van der Waals surface area contributed by atoms with Gasteiger partial charge in [0.15, 0.2) is 0 Å². The van der Waals surface area contributed by atoms with Gasteiger partial charge in [-0.2, -0.15) is 0 Å². The van der Waals surface area contributed by atoms with Gasteiger partial charge in [-0.25, -0.2) is 4.98 Å². The molecule has 1 aromatic rings. The summed E-state index contributed by atoms with van der Waals surface area (Å²) in [6, 6.07) is 0. The van der Waals surface area contributed by atoms with Gasteiger partial charge in [0.25, 0.3) is 0 Å². The molecule has 1 fully saturated rings. The lowest BCUT2D eigenvalue weighted by Gasteiger charge is -2.26. The third-order valence-corrected chi connectivity index (χ3v) is 4.48. The van der Waals surface area contributed by atoms with Crippen molar-refractivity contribution in [1.82, 2.24) is 14.9 Å². The van der Waals surface area contributed by atoms with Gasteiger partial charge in [-0.3, -0.25) is 4.79 Å². The van der Waals surface area contributed by atoms with E-state index in [2.05, 4.69) is 10.3 Å². The van der Waals surface area contributed by atoms with E-state index in [-0.39, 0.29) is 18.1 Å². The molecule has 0 unspecified atom stereocenters. The molecule has 0 radical (unpaired) electrons. The number of carbonyl (C=O) groups excluding carboxylic acids is 1. The number of nitrogens with zero attached hydrogens (tertiary/aromatic N) is 3. The zero-order chi connectivity index (χ0) is 16.8. The van der Waals surface area contributed by atoms with Crippen LogP contribution in [0.2, 0.25) is 0 Å². The summed E-state index contributed by atoms with van der Waals surface area (Å²) in [6.07, 6.45) is 8.29. The summed E-state index contributed by atoms with van der Waals surface area (Å²) in [5, 5.41) is 2.99. The van der Waals surface area contributed by atoms with Crippen LogP contribution in [0.15, 0.2) is 6.20 Å². The van der Waals surface area contributed by atoms with E-state index < -0.39 is 0 Å². The van der Waals surface area contributed by atoms with Crippen molar-refractivity contribution >= 4 is 11.9 Å². The molecule has 1 N–H and O–H groups in total. The van der Waals surface area contributed by atoms with E-state index in [1.54, 1.807) is 6.20 Å². The van der Waals surface area contributed by atoms with Crippen molar-refractivity contribution in [3.05, 3.63) is 11.9 Å². The van der Waals surface area contributed by atoms with Gasteiger partial charge in [0, 0.05) is 21.1 Å². The van der Waals surface area contributed by atoms with Gasteiger partial charge in [-0.05, 0) is 19.3 Å². The molecular formula is C17H30N4O2. The second-order valence-electron chi connectivity index (χ2n) is 6.51. The zero-order valence-corrected chi connectivity index (χ0v) is 14.8. The molecule has 1 amide bonds. The molecule has 1 atom stereocenters. The number of nitrogens with one attached hydrogen (secondary N) is 1. The highest BCUT2D eigenvalue weighted by Crippen LogP contribution is 2.22. The standard InChI is InChI=1S/C17H30N4O2/c1-5-15(23-14-9-7-6-8-10-14)16(22)18-11-13-12-19-17(20(2)3)21(13)4/h12,14-15H,5-11H2,1-4H3,(H,18,22)/t15-/m0/s1. The van der Waals surface area contributed by atoms with E-state index in [0.717, 1.165) is 24.5 Å². The molecule has 6 heteroatoms. The van der Waals surface area contributed by atoms with Crippen LogP contribution in [0.4, 0.5) is 5.95 Å². The topological polar surface area (TPSA) is 59.4 Å². The minimum Gasteiger partial charge on any atom is -0.365 e. The molecule has 0 aromatic carbocycles. The van der Waals surface area contributed by atoms with E-state index in [1.807, 2.05) is 37.5 Å². The molecule has 0 bridgehead atoms. The first-order valence-electron chi connectivity index (χ1n) is 8.64. The van der Waals surface area contributed by atoms with Crippen molar-refractivity contribution in [2.75, 3.05) is 19.0 Å². The van der Waals surface area contributed by atoms with Gasteiger partial charge in [0.05, 0.1) is 24.5 Å². The summed E-state index contributed by atoms with van der Waals surface area (Å²) < 4.78 is 8.01. The molecule has 1 aliphatic carbocycles. The van der Waals surface area contributed by atoms with Crippen molar-refractivity contribution in [2.45, 2.75) is 64.2 Å². The fourth-order valence-corrected chi connectivity index (χ4v) is 3.08. The normalized spacial score (nSPS) is 17.0. The maximum atomic E-state index is 12.4. The Balaban J connectivity index is 1.86. The highest BCUT2D eigenvalue weighted by atomic mass is 16.5. The van der Waals surface area contributed by atoms with E-state index in [4.69, 9.17) is 4.74 Å². The molecule has 6 nitrogen and oxygen atoms in total. The first kappa shape index (κ1) is 17.8. The molecule has 130 valence electrons. The van der Waals surface area contributed by atoms with Crippen LogP contribution < -0.4 is 10.2 Å². The predicted molar refractivity (Wildman–Crippen MR) is 91.4 cm³/mol. The molecule has 1 aromatic heterocycles.